The standard InChI is InChI=1S/C11H14F3NO/c1-3-10(15)7-4-8(11(12,13)14)6-9(5-7)16-2/h4-6,10H,3,15H2,1-2H3/t10-/m0/s1. The molecule has 1 aromatic carbocycles. The predicted octanol–water partition coefficient (Wildman–Crippen LogP) is 3.12. The van der Waals surface area contributed by atoms with Gasteiger partial charge in [-0.1, -0.05) is 6.92 Å². The van der Waals surface area contributed by atoms with Crippen molar-refractivity contribution in [3.05, 3.63) is 29.3 Å². The zero-order chi connectivity index (χ0) is 12.3. The average Bonchev–Trinajstić information content (AvgIpc) is 2.26. The van der Waals surface area contributed by atoms with E-state index >= 15 is 0 Å². The van der Waals surface area contributed by atoms with E-state index in [4.69, 9.17) is 10.5 Å². The third-order valence-corrected chi connectivity index (χ3v) is 2.36. The Hall–Kier alpha value is -1.23. The highest BCUT2D eigenvalue weighted by Gasteiger charge is 2.31. The van der Waals surface area contributed by atoms with Crippen molar-refractivity contribution in [1.29, 1.82) is 0 Å². The average molecular weight is 233 g/mol. The first kappa shape index (κ1) is 12.8. The van der Waals surface area contributed by atoms with Crippen LogP contribution in [-0.4, -0.2) is 7.11 Å². The van der Waals surface area contributed by atoms with Gasteiger partial charge in [-0.05, 0) is 30.2 Å². The lowest BCUT2D eigenvalue weighted by atomic mass is 10.0. The molecule has 0 aliphatic heterocycles. The summed E-state index contributed by atoms with van der Waals surface area (Å²) in [5.41, 5.74) is 5.42. The third-order valence-electron chi connectivity index (χ3n) is 2.36. The Morgan fingerprint density at radius 1 is 1.31 bits per heavy atom. The van der Waals surface area contributed by atoms with Crippen LogP contribution in [0.1, 0.15) is 30.5 Å². The molecule has 2 N–H and O–H groups in total. The molecule has 2 nitrogen and oxygen atoms in total. The van der Waals surface area contributed by atoms with Crippen LogP contribution in [0.2, 0.25) is 0 Å². The van der Waals surface area contributed by atoms with Gasteiger partial charge in [0.2, 0.25) is 0 Å². The maximum atomic E-state index is 12.6. The molecule has 0 aromatic heterocycles. The van der Waals surface area contributed by atoms with Gasteiger partial charge in [0.1, 0.15) is 5.75 Å². The van der Waals surface area contributed by atoms with Gasteiger partial charge in [-0.3, -0.25) is 0 Å². The molecule has 16 heavy (non-hydrogen) atoms. The van der Waals surface area contributed by atoms with Crippen molar-refractivity contribution in [3.8, 4) is 5.75 Å². The molecular weight excluding hydrogens is 219 g/mol. The molecule has 1 aromatic rings. The number of nitrogens with two attached hydrogens (primary N) is 1. The minimum absolute atomic E-state index is 0.175. The Morgan fingerprint density at radius 3 is 2.38 bits per heavy atom. The highest BCUT2D eigenvalue weighted by atomic mass is 19.4. The Kier molecular flexibility index (Phi) is 3.80. The predicted molar refractivity (Wildman–Crippen MR) is 55.2 cm³/mol. The van der Waals surface area contributed by atoms with E-state index in [1.54, 1.807) is 0 Å². The van der Waals surface area contributed by atoms with Gasteiger partial charge in [-0.15, -0.1) is 0 Å². The number of alkyl halides is 3. The molecule has 0 spiro atoms. The molecule has 90 valence electrons. The Labute approximate surface area is 92.2 Å². The Balaban J connectivity index is 3.21. The van der Waals surface area contributed by atoms with Crippen molar-refractivity contribution in [2.24, 2.45) is 5.73 Å². The third kappa shape index (κ3) is 2.88. The van der Waals surface area contributed by atoms with Gasteiger partial charge in [-0.2, -0.15) is 13.2 Å². The summed E-state index contributed by atoms with van der Waals surface area (Å²) in [5, 5.41) is 0. The van der Waals surface area contributed by atoms with Crippen molar-refractivity contribution in [3.63, 3.8) is 0 Å². The van der Waals surface area contributed by atoms with E-state index in [2.05, 4.69) is 0 Å². The van der Waals surface area contributed by atoms with Crippen LogP contribution in [0.4, 0.5) is 13.2 Å². The maximum absolute atomic E-state index is 12.6. The van der Waals surface area contributed by atoms with Gasteiger partial charge < -0.3 is 10.5 Å². The molecule has 0 bridgehead atoms. The smallest absolute Gasteiger partial charge is 0.416 e. The first-order chi connectivity index (χ1) is 7.38. The molecule has 0 aliphatic rings. The molecule has 0 amide bonds. The van der Waals surface area contributed by atoms with E-state index < -0.39 is 17.8 Å². The summed E-state index contributed by atoms with van der Waals surface area (Å²) in [4.78, 5) is 0. The van der Waals surface area contributed by atoms with E-state index in [1.807, 2.05) is 6.92 Å². The molecule has 0 radical (unpaired) electrons. The van der Waals surface area contributed by atoms with Crippen molar-refractivity contribution in [1.82, 2.24) is 0 Å². The molecule has 1 atom stereocenters. The van der Waals surface area contributed by atoms with Crippen LogP contribution in [0.25, 0.3) is 0 Å². The highest BCUT2D eigenvalue weighted by Crippen LogP contribution is 2.34. The number of hydrogen-bond acceptors (Lipinski definition) is 2. The van der Waals surface area contributed by atoms with E-state index in [0.29, 0.717) is 12.0 Å². The van der Waals surface area contributed by atoms with E-state index in [-0.39, 0.29) is 5.75 Å². The van der Waals surface area contributed by atoms with Crippen molar-refractivity contribution in [2.45, 2.75) is 25.6 Å². The van der Waals surface area contributed by atoms with Crippen LogP contribution < -0.4 is 10.5 Å². The lowest BCUT2D eigenvalue weighted by Gasteiger charge is -2.15. The van der Waals surface area contributed by atoms with Gasteiger partial charge in [0.25, 0.3) is 0 Å². The van der Waals surface area contributed by atoms with Crippen molar-refractivity contribution < 1.29 is 17.9 Å². The number of rotatable bonds is 3. The fraction of sp³-hybridized carbons (Fsp3) is 0.455. The molecule has 0 heterocycles. The van der Waals surface area contributed by atoms with Crippen LogP contribution in [0.15, 0.2) is 18.2 Å². The fourth-order valence-electron chi connectivity index (χ4n) is 1.35. The van der Waals surface area contributed by atoms with E-state index in [1.165, 1.54) is 13.2 Å². The second-order valence-corrected chi connectivity index (χ2v) is 3.51. The molecule has 0 unspecified atom stereocenters. The summed E-state index contributed by atoms with van der Waals surface area (Å²) in [5.74, 6) is 0.175. The summed E-state index contributed by atoms with van der Waals surface area (Å²) in [7, 11) is 1.33. The highest BCUT2D eigenvalue weighted by molar-refractivity contribution is 5.37. The molecule has 0 saturated heterocycles. The van der Waals surface area contributed by atoms with Crippen LogP contribution in [0.5, 0.6) is 5.75 Å². The SMILES string of the molecule is CC[C@H](N)c1cc(OC)cc(C(F)(F)F)c1. The number of methoxy groups -OCH3 is 1. The van der Waals surface area contributed by atoms with Crippen LogP contribution in [0, 0.1) is 0 Å². The molecule has 0 aliphatic carbocycles. The first-order valence-corrected chi connectivity index (χ1v) is 4.90. The van der Waals surface area contributed by atoms with Gasteiger partial charge in [0, 0.05) is 6.04 Å². The van der Waals surface area contributed by atoms with Crippen molar-refractivity contribution >= 4 is 0 Å². The van der Waals surface area contributed by atoms with Crippen LogP contribution in [-0.2, 0) is 6.18 Å². The summed E-state index contributed by atoms with van der Waals surface area (Å²) >= 11 is 0. The minimum atomic E-state index is -4.38. The topological polar surface area (TPSA) is 35.2 Å². The largest absolute Gasteiger partial charge is 0.497 e. The zero-order valence-corrected chi connectivity index (χ0v) is 9.14. The van der Waals surface area contributed by atoms with Gasteiger partial charge in [0.05, 0.1) is 12.7 Å². The normalized spacial score (nSPS) is 13.6. The Morgan fingerprint density at radius 2 is 1.94 bits per heavy atom. The molecule has 0 saturated carbocycles. The van der Waals surface area contributed by atoms with Crippen LogP contribution in [0.3, 0.4) is 0 Å². The molecule has 5 heteroatoms. The van der Waals surface area contributed by atoms with Gasteiger partial charge in [-0.25, -0.2) is 0 Å². The summed E-state index contributed by atoms with van der Waals surface area (Å²) in [6.07, 6.45) is -3.80. The first-order valence-electron chi connectivity index (χ1n) is 4.90. The second kappa shape index (κ2) is 4.74. The number of benzene rings is 1. The maximum Gasteiger partial charge on any atom is 0.416 e. The fourth-order valence-corrected chi connectivity index (χ4v) is 1.35. The summed E-state index contributed by atoms with van der Waals surface area (Å²) in [6.45, 7) is 1.82. The molecular formula is C11H14F3NO. The molecule has 1 rings (SSSR count). The summed E-state index contributed by atoms with van der Waals surface area (Å²) < 4.78 is 42.5. The zero-order valence-electron chi connectivity index (χ0n) is 9.14. The lowest BCUT2D eigenvalue weighted by Crippen LogP contribution is -2.12. The van der Waals surface area contributed by atoms with E-state index in [9.17, 15) is 13.2 Å². The van der Waals surface area contributed by atoms with Crippen molar-refractivity contribution in [2.75, 3.05) is 7.11 Å². The lowest BCUT2D eigenvalue weighted by molar-refractivity contribution is -0.137. The minimum Gasteiger partial charge on any atom is -0.497 e. The Bertz CT molecular complexity index is 363. The second-order valence-electron chi connectivity index (χ2n) is 3.51. The van der Waals surface area contributed by atoms with Crippen LogP contribution >= 0.6 is 0 Å². The number of ether oxygens (including phenoxy) is 1. The van der Waals surface area contributed by atoms with Gasteiger partial charge in [0.15, 0.2) is 0 Å². The van der Waals surface area contributed by atoms with Gasteiger partial charge >= 0.3 is 6.18 Å². The monoisotopic (exact) mass is 233 g/mol. The van der Waals surface area contributed by atoms with E-state index in [0.717, 1.165) is 12.1 Å². The number of halogens is 3. The number of hydrogen-bond donors (Lipinski definition) is 1. The summed E-state index contributed by atoms with van der Waals surface area (Å²) in [6, 6.07) is 3.16. The quantitative estimate of drug-likeness (QED) is 0.870. The molecule has 0 fully saturated rings.